The summed E-state index contributed by atoms with van der Waals surface area (Å²) in [7, 11) is 0. The Kier molecular flexibility index (Phi) is 4.73. The highest BCUT2D eigenvalue weighted by Crippen LogP contribution is 2.33. The summed E-state index contributed by atoms with van der Waals surface area (Å²) >= 11 is 12.3. The molecule has 2 aromatic rings. The lowest BCUT2D eigenvalue weighted by molar-refractivity contribution is 0.102. The molecule has 2 aromatic carbocycles. The van der Waals surface area contributed by atoms with Gasteiger partial charge in [0.15, 0.2) is 0 Å². The molecule has 0 aliphatic heterocycles. The molecule has 2 rings (SSSR count). The summed E-state index contributed by atoms with van der Waals surface area (Å²) in [6, 6.07) is 8.82. The molecule has 0 spiro atoms. The van der Waals surface area contributed by atoms with Gasteiger partial charge in [0.25, 0.3) is 5.91 Å². The van der Waals surface area contributed by atoms with Gasteiger partial charge in [-0.1, -0.05) is 40.9 Å². The average Bonchev–Trinajstić information content (AvgIpc) is 2.47. The summed E-state index contributed by atoms with van der Waals surface area (Å²) in [5.41, 5.74) is 5.62. The molecule has 1 amide bonds. The Morgan fingerprint density at radius 1 is 1.14 bits per heavy atom. The molecule has 0 fully saturated rings. The Labute approximate surface area is 133 Å². The normalized spacial score (nSPS) is 10.3. The van der Waals surface area contributed by atoms with Gasteiger partial charge in [-0.05, 0) is 37.6 Å². The number of anilines is 2. The molecule has 4 nitrogen and oxygen atoms in total. The molecule has 4 N–H and O–H groups in total. The maximum Gasteiger partial charge on any atom is 0.257 e. The van der Waals surface area contributed by atoms with Crippen molar-refractivity contribution < 1.29 is 4.79 Å². The van der Waals surface area contributed by atoms with E-state index in [0.717, 1.165) is 11.1 Å². The van der Waals surface area contributed by atoms with E-state index in [1.54, 1.807) is 24.3 Å². The van der Waals surface area contributed by atoms with Crippen LogP contribution < -0.4 is 16.6 Å². The van der Waals surface area contributed by atoms with Gasteiger partial charge in [-0.25, -0.2) is 0 Å². The van der Waals surface area contributed by atoms with E-state index in [0.29, 0.717) is 27.0 Å². The third kappa shape index (κ3) is 3.29. The number of benzene rings is 2. The first kappa shape index (κ1) is 15.6. The Bertz CT molecular complexity index is 702. The molecule has 21 heavy (non-hydrogen) atoms. The molecule has 0 aliphatic rings. The molecule has 0 aromatic heterocycles. The van der Waals surface area contributed by atoms with Gasteiger partial charge in [0.1, 0.15) is 0 Å². The molecule has 0 radical (unpaired) electrons. The fourth-order valence-corrected chi connectivity index (χ4v) is 2.39. The zero-order valence-corrected chi connectivity index (χ0v) is 13.1. The van der Waals surface area contributed by atoms with Gasteiger partial charge in [-0.3, -0.25) is 10.6 Å². The maximum atomic E-state index is 12.4. The van der Waals surface area contributed by atoms with Crippen LogP contribution in [0.1, 0.15) is 21.5 Å². The molecule has 0 atom stereocenters. The van der Waals surface area contributed by atoms with Crippen LogP contribution in [0.4, 0.5) is 11.4 Å². The van der Waals surface area contributed by atoms with Crippen LogP contribution >= 0.6 is 23.2 Å². The first-order chi connectivity index (χ1) is 9.93. The predicted octanol–water partition coefficient (Wildman–Crippen LogP) is 4.15. The summed E-state index contributed by atoms with van der Waals surface area (Å²) in [6.07, 6.45) is 0. The van der Waals surface area contributed by atoms with Crippen molar-refractivity contribution in [2.45, 2.75) is 13.8 Å². The highest BCUT2D eigenvalue weighted by atomic mass is 35.5. The summed E-state index contributed by atoms with van der Waals surface area (Å²) in [4.78, 5) is 12.4. The van der Waals surface area contributed by atoms with Crippen molar-refractivity contribution in [1.29, 1.82) is 0 Å². The zero-order chi connectivity index (χ0) is 15.6. The number of nitrogen functional groups attached to an aromatic ring is 1. The van der Waals surface area contributed by atoms with Gasteiger partial charge >= 0.3 is 0 Å². The molecular formula is C15H15Cl2N3O. The lowest BCUT2D eigenvalue weighted by Crippen LogP contribution is -2.18. The number of nitrogens with two attached hydrogens (primary N) is 1. The molecule has 6 heteroatoms. The number of amides is 1. The van der Waals surface area contributed by atoms with Gasteiger partial charge in [-0.15, -0.1) is 0 Å². The number of hydrogen-bond donors (Lipinski definition) is 3. The minimum Gasteiger partial charge on any atom is -0.323 e. The van der Waals surface area contributed by atoms with Crippen molar-refractivity contribution in [3.8, 4) is 0 Å². The first-order valence-electron chi connectivity index (χ1n) is 6.27. The van der Waals surface area contributed by atoms with Crippen molar-refractivity contribution in [2.24, 2.45) is 5.84 Å². The summed E-state index contributed by atoms with van der Waals surface area (Å²) < 4.78 is 0. The van der Waals surface area contributed by atoms with E-state index in [1.807, 2.05) is 19.9 Å². The number of carbonyl (C=O) groups is 1. The largest absolute Gasteiger partial charge is 0.323 e. The number of hydrazine groups is 1. The first-order valence-corrected chi connectivity index (χ1v) is 7.03. The molecular weight excluding hydrogens is 309 g/mol. The van der Waals surface area contributed by atoms with Crippen LogP contribution in [-0.2, 0) is 0 Å². The van der Waals surface area contributed by atoms with Crippen molar-refractivity contribution >= 4 is 40.5 Å². The van der Waals surface area contributed by atoms with E-state index in [1.165, 1.54) is 0 Å². The standard InChI is InChI=1S/C15H15Cl2N3O/c1-8-3-6-12(20-18)10(7-8)15(21)19-14-11(16)5-4-9(2)13(14)17/h3-7,20H,18H2,1-2H3,(H,19,21). The molecule has 110 valence electrons. The van der Waals surface area contributed by atoms with Gasteiger partial charge in [0, 0.05) is 0 Å². The third-order valence-corrected chi connectivity index (χ3v) is 3.90. The summed E-state index contributed by atoms with van der Waals surface area (Å²) in [6.45, 7) is 3.73. The van der Waals surface area contributed by atoms with Gasteiger partial charge in [0.2, 0.25) is 0 Å². The minimum atomic E-state index is -0.332. The lowest BCUT2D eigenvalue weighted by Gasteiger charge is -2.13. The zero-order valence-electron chi connectivity index (χ0n) is 11.6. The van der Waals surface area contributed by atoms with Crippen molar-refractivity contribution in [3.63, 3.8) is 0 Å². The van der Waals surface area contributed by atoms with Crippen molar-refractivity contribution in [1.82, 2.24) is 0 Å². The number of aryl methyl sites for hydroxylation is 2. The van der Waals surface area contributed by atoms with Crippen LogP contribution in [0.2, 0.25) is 10.0 Å². The molecule has 0 saturated carbocycles. The molecule has 0 unspecified atom stereocenters. The predicted molar refractivity (Wildman–Crippen MR) is 88.1 cm³/mol. The Balaban J connectivity index is 2.39. The fraction of sp³-hybridized carbons (Fsp3) is 0.133. The SMILES string of the molecule is Cc1ccc(NN)c(C(=O)Nc2c(Cl)ccc(C)c2Cl)c1. The second-order valence-electron chi connectivity index (χ2n) is 4.70. The van der Waals surface area contributed by atoms with Crippen LogP contribution in [0.5, 0.6) is 0 Å². The van der Waals surface area contributed by atoms with Crippen LogP contribution in [0.3, 0.4) is 0 Å². The average molecular weight is 324 g/mol. The third-order valence-electron chi connectivity index (χ3n) is 3.10. The summed E-state index contributed by atoms with van der Waals surface area (Å²) in [5, 5.41) is 3.54. The monoisotopic (exact) mass is 323 g/mol. The quantitative estimate of drug-likeness (QED) is 0.587. The Hall–Kier alpha value is -1.75. The van der Waals surface area contributed by atoms with E-state index in [2.05, 4.69) is 10.7 Å². The number of rotatable bonds is 3. The molecule has 0 saturated heterocycles. The minimum absolute atomic E-state index is 0.332. The van der Waals surface area contributed by atoms with E-state index in [-0.39, 0.29) is 5.91 Å². The van der Waals surface area contributed by atoms with Crippen LogP contribution in [-0.4, -0.2) is 5.91 Å². The van der Waals surface area contributed by atoms with E-state index < -0.39 is 0 Å². The number of hydrogen-bond acceptors (Lipinski definition) is 3. The van der Waals surface area contributed by atoms with Gasteiger partial charge in [-0.2, -0.15) is 0 Å². The topological polar surface area (TPSA) is 67.1 Å². The molecule has 0 aliphatic carbocycles. The lowest BCUT2D eigenvalue weighted by atomic mass is 10.1. The number of nitrogens with one attached hydrogen (secondary N) is 2. The highest BCUT2D eigenvalue weighted by Gasteiger charge is 2.16. The number of halogens is 2. The smallest absolute Gasteiger partial charge is 0.257 e. The van der Waals surface area contributed by atoms with Crippen LogP contribution in [0.15, 0.2) is 30.3 Å². The highest BCUT2D eigenvalue weighted by molar-refractivity contribution is 6.40. The second kappa shape index (κ2) is 6.35. The van der Waals surface area contributed by atoms with E-state index in [4.69, 9.17) is 29.0 Å². The molecule has 0 heterocycles. The van der Waals surface area contributed by atoms with E-state index in [9.17, 15) is 4.79 Å². The second-order valence-corrected chi connectivity index (χ2v) is 5.49. The number of carbonyl (C=O) groups excluding carboxylic acids is 1. The Morgan fingerprint density at radius 2 is 1.86 bits per heavy atom. The Morgan fingerprint density at radius 3 is 2.52 bits per heavy atom. The molecule has 0 bridgehead atoms. The van der Waals surface area contributed by atoms with Crippen LogP contribution in [0.25, 0.3) is 0 Å². The van der Waals surface area contributed by atoms with Gasteiger partial charge < -0.3 is 10.7 Å². The summed E-state index contributed by atoms with van der Waals surface area (Å²) in [5.74, 6) is 5.10. The van der Waals surface area contributed by atoms with Crippen molar-refractivity contribution in [3.05, 3.63) is 57.1 Å². The van der Waals surface area contributed by atoms with Crippen LogP contribution in [0, 0.1) is 13.8 Å². The maximum absolute atomic E-state index is 12.4. The van der Waals surface area contributed by atoms with Crippen molar-refractivity contribution in [2.75, 3.05) is 10.7 Å². The fourth-order valence-electron chi connectivity index (χ4n) is 1.92. The van der Waals surface area contributed by atoms with Gasteiger partial charge in [0.05, 0.1) is 27.0 Å². The van der Waals surface area contributed by atoms with E-state index >= 15 is 0 Å².